The maximum Gasteiger partial charge on any atom is 0.335 e. The molecule has 0 bridgehead atoms. The zero-order valence-electron chi connectivity index (χ0n) is 11.4. The average Bonchev–Trinajstić information content (AvgIpc) is 2.89. The number of rotatable bonds is 5. The highest BCUT2D eigenvalue weighted by molar-refractivity contribution is 5.87. The molecule has 7 heteroatoms. The van der Waals surface area contributed by atoms with Crippen LogP contribution in [0.25, 0.3) is 0 Å². The molecule has 0 aliphatic rings. The normalized spacial score (nSPS) is 10.1. The molecule has 1 aromatic carbocycles. The van der Waals surface area contributed by atoms with Gasteiger partial charge in [0.15, 0.2) is 0 Å². The van der Waals surface area contributed by atoms with E-state index >= 15 is 0 Å². The molecule has 2 aromatic rings. The summed E-state index contributed by atoms with van der Waals surface area (Å²) in [5, 5.41) is 14.1. The van der Waals surface area contributed by atoms with Gasteiger partial charge in [-0.3, -0.25) is 0 Å². The number of carboxylic acid groups (broad SMARTS) is 1. The van der Waals surface area contributed by atoms with Gasteiger partial charge in [-0.25, -0.2) is 14.6 Å². The van der Waals surface area contributed by atoms with E-state index in [1.54, 1.807) is 25.3 Å². The molecule has 110 valence electrons. The van der Waals surface area contributed by atoms with E-state index in [0.29, 0.717) is 17.2 Å². The molecule has 0 saturated heterocycles. The number of amides is 2. The minimum Gasteiger partial charge on any atom is -0.478 e. The summed E-state index contributed by atoms with van der Waals surface area (Å²) in [7, 11) is 0. The van der Waals surface area contributed by atoms with Crippen molar-refractivity contribution in [2.75, 3.05) is 0 Å². The van der Waals surface area contributed by atoms with Gasteiger partial charge in [-0.2, -0.15) is 0 Å². The Bertz CT molecular complexity index is 651. The summed E-state index contributed by atoms with van der Waals surface area (Å²) in [5.41, 5.74) is 0.891. The topological polar surface area (TPSA) is 104 Å². The fourth-order valence-corrected chi connectivity index (χ4v) is 1.70. The summed E-state index contributed by atoms with van der Waals surface area (Å²) in [5.74, 6) is 0.105. The second kappa shape index (κ2) is 6.56. The third kappa shape index (κ3) is 4.34. The number of urea groups is 1. The van der Waals surface area contributed by atoms with E-state index in [4.69, 9.17) is 9.52 Å². The van der Waals surface area contributed by atoms with Crippen LogP contribution in [0.5, 0.6) is 0 Å². The maximum atomic E-state index is 11.6. The molecular weight excluding hydrogens is 274 g/mol. The largest absolute Gasteiger partial charge is 0.478 e. The number of hydrogen-bond donors (Lipinski definition) is 3. The lowest BCUT2D eigenvalue weighted by atomic mass is 10.1. The van der Waals surface area contributed by atoms with Crippen LogP contribution in [-0.4, -0.2) is 22.1 Å². The van der Waals surface area contributed by atoms with Gasteiger partial charge in [0.1, 0.15) is 5.76 Å². The molecule has 7 nitrogen and oxygen atoms in total. The van der Waals surface area contributed by atoms with Crippen LogP contribution in [0.3, 0.4) is 0 Å². The standard InChI is InChI=1S/C14H15N3O4/c1-9-6-15-12(21-9)8-17-14(20)16-7-10-3-2-4-11(5-10)13(18)19/h2-6H,7-8H2,1H3,(H,18,19)(H2,16,17,20). The first-order chi connectivity index (χ1) is 10.0. The van der Waals surface area contributed by atoms with Crippen molar-refractivity contribution in [2.45, 2.75) is 20.0 Å². The van der Waals surface area contributed by atoms with E-state index in [0.717, 1.165) is 0 Å². The number of aromatic nitrogens is 1. The summed E-state index contributed by atoms with van der Waals surface area (Å²) in [4.78, 5) is 26.4. The molecular formula is C14H15N3O4. The lowest BCUT2D eigenvalue weighted by Gasteiger charge is -2.07. The molecule has 0 spiro atoms. The summed E-state index contributed by atoms with van der Waals surface area (Å²) < 4.78 is 5.22. The Morgan fingerprint density at radius 1 is 1.29 bits per heavy atom. The summed E-state index contributed by atoms with van der Waals surface area (Å²) in [6, 6.07) is 6.00. The molecule has 0 saturated carbocycles. The highest BCUT2D eigenvalue weighted by Crippen LogP contribution is 2.05. The minimum absolute atomic E-state index is 0.185. The average molecular weight is 289 g/mol. The van der Waals surface area contributed by atoms with Crippen LogP contribution >= 0.6 is 0 Å². The monoisotopic (exact) mass is 289 g/mol. The SMILES string of the molecule is Cc1cnc(CNC(=O)NCc2cccc(C(=O)O)c2)o1. The molecule has 1 aromatic heterocycles. The molecule has 3 N–H and O–H groups in total. The van der Waals surface area contributed by atoms with Gasteiger partial charge in [0, 0.05) is 6.54 Å². The Labute approximate surface area is 121 Å². The smallest absolute Gasteiger partial charge is 0.335 e. The maximum absolute atomic E-state index is 11.6. The lowest BCUT2D eigenvalue weighted by molar-refractivity contribution is 0.0696. The Balaban J connectivity index is 1.81. The fourth-order valence-electron chi connectivity index (χ4n) is 1.70. The number of nitrogens with one attached hydrogen (secondary N) is 2. The van der Waals surface area contributed by atoms with Gasteiger partial charge < -0.3 is 20.2 Å². The molecule has 0 aliphatic carbocycles. The number of oxazole rings is 1. The van der Waals surface area contributed by atoms with Crippen molar-refractivity contribution in [3.05, 3.63) is 53.2 Å². The van der Waals surface area contributed by atoms with Crippen LogP contribution in [0.15, 0.2) is 34.9 Å². The first kappa shape index (κ1) is 14.6. The Kier molecular flexibility index (Phi) is 4.55. The van der Waals surface area contributed by atoms with Crippen LogP contribution in [0, 0.1) is 6.92 Å². The van der Waals surface area contributed by atoms with Gasteiger partial charge in [0.25, 0.3) is 0 Å². The number of carboxylic acids is 1. The van der Waals surface area contributed by atoms with Crippen molar-refractivity contribution in [1.29, 1.82) is 0 Å². The summed E-state index contributed by atoms with van der Waals surface area (Å²) in [6.07, 6.45) is 1.58. The lowest BCUT2D eigenvalue weighted by Crippen LogP contribution is -2.34. The van der Waals surface area contributed by atoms with Crippen LogP contribution in [0.2, 0.25) is 0 Å². The number of aromatic carboxylic acids is 1. The van der Waals surface area contributed by atoms with Crippen molar-refractivity contribution < 1.29 is 19.1 Å². The first-order valence-corrected chi connectivity index (χ1v) is 6.30. The third-order valence-electron chi connectivity index (χ3n) is 2.70. The second-order valence-corrected chi connectivity index (χ2v) is 4.41. The molecule has 2 rings (SSSR count). The summed E-state index contributed by atoms with van der Waals surface area (Å²) >= 11 is 0. The Morgan fingerprint density at radius 2 is 2.05 bits per heavy atom. The molecule has 1 heterocycles. The van der Waals surface area contributed by atoms with Crippen molar-refractivity contribution in [1.82, 2.24) is 15.6 Å². The predicted octanol–water partition coefficient (Wildman–Crippen LogP) is 1.68. The number of carbonyl (C=O) groups is 2. The van der Waals surface area contributed by atoms with Crippen LogP contribution in [0.1, 0.15) is 27.6 Å². The number of carbonyl (C=O) groups excluding carboxylic acids is 1. The summed E-state index contributed by atoms with van der Waals surface area (Å²) in [6.45, 7) is 2.19. The quantitative estimate of drug-likeness (QED) is 0.776. The fraction of sp³-hybridized carbons (Fsp3) is 0.214. The van der Waals surface area contributed by atoms with Gasteiger partial charge in [-0.05, 0) is 24.6 Å². The predicted molar refractivity (Wildman–Crippen MR) is 73.7 cm³/mol. The number of aryl methyl sites for hydroxylation is 1. The van der Waals surface area contributed by atoms with Gasteiger partial charge in [-0.1, -0.05) is 12.1 Å². The van der Waals surface area contributed by atoms with Crippen LogP contribution in [0.4, 0.5) is 4.79 Å². The second-order valence-electron chi connectivity index (χ2n) is 4.41. The highest BCUT2D eigenvalue weighted by Gasteiger charge is 2.06. The number of benzene rings is 1. The van der Waals surface area contributed by atoms with Crippen molar-refractivity contribution in [3.63, 3.8) is 0 Å². The van der Waals surface area contributed by atoms with Crippen molar-refractivity contribution in [2.24, 2.45) is 0 Å². The molecule has 2 amide bonds. The van der Waals surface area contributed by atoms with E-state index in [9.17, 15) is 9.59 Å². The minimum atomic E-state index is -0.999. The van der Waals surface area contributed by atoms with Crippen molar-refractivity contribution in [3.8, 4) is 0 Å². The van der Waals surface area contributed by atoms with E-state index < -0.39 is 5.97 Å². The molecule has 0 unspecified atom stereocenters. The van der Waals surface area contributed by atoms with Gasteiger partial charge in [-0.15, -0.1) is 0 Å². The van der Waals surface area contributed by atoms with Gasteiger partial charge >= 0.3 is 12.0 Å². The van der Waals surface area contributed by atoms with Gasteiger partial charge in [0.05, 0.1) is 18.3 Å². The highest BCUT2D eigenvalue weighted by atomic mass is 16.4. The van der Waals surface area contributed by atoms with Crippen LogP contribution in [-0.2, 0) is 13.1 Å². The van der Waals surface area contributed by atoms with Crippen molar-refractivity contribution >= 4 is 12.0 Å². The van der Waals surface area contributed by atoms with E-state index in [-0.39, 0.29) is 24.7 Å². The van der Waals surface area contributed by atoms with E-state index in [1.807, 2.05) is 0 Å². The molecule has 0 aliphatic heterocycles. The van der Waals surface area contributed by atoms with Crippen LogP contribution < -0.4 is 10.6 Å². The Morgan fingerprint density at radius 3 is 2.71 bits per heavy atom. The molecule has 0 fully saturated rings. The third-order valence-corrected chi connectivity index (χ3v) is 2.70. The number of hydrogen-bond acceptors (Lipinski definition) is 4. The number of nitrogens with zero attached hydrogens (tertiary/aromatic N) is 1. The van der Waals surface area contributed by atoms with Gasteiger partial charge in [0.2, 0.25) is 5.89 Å². The molecule has 0 radical (unpaired) electrons. The first-order valence-electron chi connectivity index (χ1n) is 6.30. The van der Waals surface area contributed by atoms with E-state index in [2.05, 4.69) is 15.6 Å². The zero-order valence-corrected chi connectivity index (χ0v) is 11.4. The van der Waals surface area contributed by atoms with E-state index in [1.165, 1.54) is 12.1 Å². The zero-order chi connectivity index (χ0) is 15.2. The Hall–Kier alpha value is -2.83. The molecule has 0 atom stereocenters. The molecule has 21 heavy (non-hydrogen) atoms.